The van der Waals surface area contributed by atoms with Crippen molar-refractivity contribution < 1.29 is 12.9 Å². The zero-order valence-electron chi connectivity index (χ0n) is 14.4. The highest BCUT2D eigenvalue weighted by Crippen LogP contribution is 2.19. The van der Waals surface area contributed by atoms with Crippen LogP contribution in [0, 0.1) is 6.92 Å². The van der Waals surface area contributed by atoms with Gasteiger partial charge in [0.25, 0.3) is 0 Å². The molecule has 0 aliphatic rings. The molecule has 0 bridgehead atoms. The molecule has 3 aromatic rings. The molecule has 0 unspecified atom stereocenters. The Hall–Kier alpha value is -2.22. The quantitative estimate of drug-likeness (QED) is 0.640. The first-order valence-electron chi connectivity index (χ1n) is 7.91. The summed E-state index contributed by atoms with van der Waals surface area (Å²) in [5.41, 5.74) is 2.56. The Labute approximate surface area is 157 Å². The molecular weight excluding hydrogens is 374 g/mol. The Morgan fingerprint density at radius 2 is 1.88 bits per heavy atom. The van der Waals surface area contributed by atoms with Crippen molar-refractivity contribution in [1.82, 2.24) is 14.4 Å². The summed E-state index contributed by atoms with van der Waals surface area (Å²) in [4.78, 5) is 4.28. The van der Waals surface area contributed by atoms with Gasteiger partial charge in [-0.05, 0) is 24.6 Å². The lowest BCUT2D eigenvalue weighted by Gasteiger charge is -2.15. The number of rotatable bonds is 6. The molecule has 0 atom stereocenters. The maximum absolute atomic E-state index is 12.5. The minimum Gasteiger partial charge on any atom is -0.338 e. The lowest BCUT2D eigenvalue weighted by Crippen LogP contribution is -2.27. The Morgan fingerprint density at radius 1 is 1.15 bits per heavy atom. The zero-order chi connectivity index (χ0) is 18.7. The second-order valence-electron chi connectivity index (χ2n) is 6.02. The molecule has 3 rings (SSSR count). The van der Waals surface area contributed by atoms with Gasteiger partial charge in [0.15, 0.2) is 0 Å². The average Bonchev–Trinajstić information content (AvgIpc) is 3.03. The normalized spacial score (nSPS) is 11.8. The van der Waals surface area contributed by atoms with Crippen LogP contribution in [0.15, 0.2) is 53.1 Å². The number of hydrogen-bond donors (Lipinski definition) is 0. The minimum absolute atomic E-state index is 0.00175. The summed E-state index contributed by atoms with van der Waals surface area (Å²) < 4.78 is 31.4. The Kier molecular flexibility index (Phi) is 5.41. The molecule has 8 heteroatoms. The minimum atomic E-state index is -3.54. The van der Waals surface area contributed by atoms with Crippen LogP contribution in [0.25, 0.3) is 11.4 Å². The predicted octanol–water partition coefficient (Wildman–Crippen LogP) is 3.66. The Bertz CT molecular complexity index is 1000. The molecule has 0 radical (unpaired) electrons. The van der Waals surface area contributed by atoms with E-state index in [2.05, 4.69) is 10.1 Å². The number of nitrogens with zero attached hydrogens (tertiary/aromatic N) is 3. The van der Waals surface area contributed by atoms with E-state index < -0.39 is 10.0 Å². The number of hydrogen-bond acceptors (Lipinski definition) is 5. The smallest absolute Gasteiger partial charge is 0.242 e. The van der Waals surface area contributed by atoms with Crippen molar-refractivity contribution in [3.05, 3.63) is 70.6 Å². The van der Waals surface area contributed by atoms with Gasteiger partial charge in [-0.3, -0.25) is 0 Å². The van der Waals surface area contributed by atoms with Crippen LogP contribution in [-0.4, -0.2) is 29.9 Å². The van der Waals surface area contributed by atoms with E-state index in [1.165, 1.54) is 11.4 Å². The highest BCUT2D eigenvalue weighted by molar-refractivity contribution is 7.88. The van der Waals surface area contributed by atoms with Crippen molar-refractivity contribution >= 4 is 21.6 Å². The number of aromatic nitrogens is 2. The molecule has 0 aliphatic carbocycles. The van der Waals surface area contributed by atoms with Crippen molar-refractivity contribution in [3.8, 4) is 11.4 Å². The van der Waals surface area contributed by atoms with Crippen LogP contribution in [-0.2, 0) is 22.3 Å². The van der Waals surface area contributed by atoms with E-state index in [0.29, 0.717) is 16.4 Å². The average molecular weight is 392 g/mol. The van der Waals surface area contributed by atoms with E-state index in [4.69, 9.17) is 16.1 Å². The fourth-order valence-electron chi connectivity index (χ4n) is 2.38. The van der Waals surface area contributed by atoms with Crippen LogP contribution in [0.5, 0.6) is 0 Å². The summed E-state index contributed by atoms with van der Waals surface area (Å²) in [7, 11) is -2.06. The van der Waals surface area contributed by atoms with Gasteiger partial charge in [0.2, 0.25) is 21.7 Å². The van der Waals surface area contributed by atoms with Gasteiger partial charge in [-0.25, -0.2) is 8.42 Å². The molecule has 1 aromatic heterocycles. The first kappa shape index (κ1) is 18.6. The van der Waals surface area contributed by atoms with Gasteiger partial charge >= 0.3 is 0 Å². The third-order valence-electron chi connectivity index (χ3n) is 3.85. The summed E-state index contributed by atoms with van der Waals surface area (Å²) in [6.45, 7) is 1.99. The third kappa shape index (κ3) is 4.49. The highest BCUT2D eigenvalue weighted by atomic mass is 35.5. The lowest BCUT2D eigenvalue weighted by molar-refractivity contribution is 0.336. The Balaban J connectivity index is 1.71. The van der Waals surface area contributed by atoms with Gasteiger partial charge in [0.05, 0.1) is 12.3 Å². The molecule has 136 valence electrons. The molecule has 0 N–H and O–H groups in total. The zero-order valence-corrected chi connectivity index (χ0v) is 16.0. The summed E-state index contributed by atoms with van der Waals surface area (Å²) in [6.07, 6.45) is 0. The van der Waals surface area contributed by atoms with Gasteiger partial charge < -0.3 is 4.52 Å². The van der Waals surface area contributed by atoms with E-state index >= 15 is 0 Å². The molecule has 0 saturated carbocycles. The van der Waals surface area contributed by atoms with E-state index in [9.17, 15) is 8.42 Å². The van der Waals surface area contributed by atoms with Crippen molar-refractivity contribution in [2.24, 2.45) is 0 Å². The summed E-state index contributed by atoms with van der Waals surface area (Å²) in [5.74, 6) is 0.515. The Morgan fingerprint density at radius 3 is 2.58 bits per heavy atom. The fourth-order valence-corrected chi connectivity index (χ4v) is 3.72. The van der Waals surface area contributed by atoms with Gasteiger partial charge in [-0.15, -0.1) is 0 Å². The number of halogens is 1. The van der Waals surface area contributed by atoms with Crippen LogP contribution in [0.1, 0.15) is 17.0 Å². The van der Waals surface area contributed by atoms with Crippen molar-refractivity contribution in [2.45, 2.75) is 19.2 Å². The number of sulfonamides is 1. The molecule has 2 aromatic carbocycles. The van der Waals surface area contributed by atoms with Gasteiger partial charge in [0.1, 0.15) is 0 Å². The van der Waals surface area contributed by atoms with Crippen LogP contribution in [0.4, 0.5) is 0 Å². The number of benzene rings is 2. The maximum atomic E-state index is 12.5. The van der Waals surface area contributed by atoms with E-state index in [0.717, 1.165) is 11.1 Å². The van der Waals surface area contributed by atoms with Crippen molar-refractivity contribution in [1.29, 1.82) is 0 Å². The SMILES string of the molecule is Cc1ccc(-c2noc(CN(C)S(=O)(=O)Cc3cccc(Cl)c3)n2)cc1. The maximum Gasteiger partial charge on any atom is 0.242 e. The van der Waals surface area contributed by atoms with E-state index in [1.54, 1.807) is 24.3 Å². The highest BCUT2D eigenvalue weighted by Gasteiger charge is 2.21. The van der Waals surface area contributed by atoms with E-state index in [1.807, 2.05) is 31.2 Å². The summed E-state index contributed by atoms with van der Waals surface area (Å²) in [5, 5.41) is 4.42. The van der Waals surface area contributed by atoms with Crippen LogP contribution in [0.2, 0.25) is 5.02 Å². The molecule has 0 saturated heterocycles. The van der Waals surface area contributed by atoms with Crippen LogP contribution < -0.4 is 0 Å². The second kappa shape index (κ2) is 7.57. The van der Waals surface area contributed by atoms with Crippen LogP contribution >= 0.6 is 11.6 Å². The molecule has 0 aliphatic heterocycles. The first-order valence-corrected chi connectivity index (χ1v) is 9.90. The largest absolute Gasteiger partial charge is 0.338 e. The van der Waals surface area contributed by atoms with Gasteiger partial charge in [-0.1, -0.05) is 58.7 Å². The molecule has 0 amide bonds. The predicted molar refractivity (Wildman–Crippen MR) is 100 cm³/mol. The molecule has 6 nitrogen and oxygen atoms in total. The molecule has 0 fully saturated rings. The summed E-state index contributed by atoms with van der Waals surface area (Å²) in [6, 6.07) is 14.5. The van der Waals surface area contributed by atoms with Gasteiger partial charge in [-0.2, -0.15) is 9.29 Å². The third-order valence-corrected chi connectivity index (χ3v) is 5.86. The topological polar surface area (TPSA) is 76.3 Å². The summed E-state index contributed by atoms with van der Waals surface area (Å²) >= 11 is 5.91. The molecule has 0 spiro atoms. The lowest BCUT2D eigenvalue weighted by atomic mass is 10.1. The van der Waals surface area contributed by atoms with Crippen molar-refractivity contribution in [3.63, 3.8) is 0 Å². The number of aryl methyl sites for hydroxylation is 1. The fraction of sp³-hybridized carbons (Fsp3) is 0.222. The monoisotopic (exact) mass is 391 g/mol. The molecule has 1 heterocycles. The van der Waals surface area contributed by atoms with Crippen LogP contribution in [0.3, 0.4) is 0 Å². The molecular formula is C18H18ClN3O3S. The molecule has 26 heavy (non-hydrogen) atoms. The van der Waals surface area contributed by atoms with E-state index in [-0.39, 0.29) is 18.2 Å². The second-order valence-corrected chi connectivity index (χ2v) is 8.53. The van der Waals surface area contributed by atoms with Gasteiger partial charge in [0, 0.05) is 17.6 Å². The standard InChI is InChI=1S/C18H18ClN3O3S/c1-13-6-8-15(9-7-13)18-20-17(25-21-18)11-22(2)26(23,24)12-14-4-3-5-16(19)10-14/h3-10H,11-12H2,1-2H3. The van der Waals surface area contributed by atoms with Crippen molar-refractivity contribution in [2.75, 3.05) is 7.05 Å². The first-order chi connectivity index (χ1) is 12.3.